The molecular formula is C16H22N6O3. The molecule has 0 radical (unpaired) electrons. The van der Waals surface area contributed by atoms with Gasteiger partial charge in [-0.15, -0.1) is 0 Å². The van der Waals surface area contributed by atoms with E-state index in [1.807, 2.05) is 6.92 Å². The number of aromatic nitrogens is 3. The number of carbonyl (C=O) groups is 2. The molecule has 2 unspecified atom stereocenters. The standard InChI is InChI=1S/C16H22N6O3/c1-4-5-11-8-14(23)19-16(17-11)22-13(6-9(2)20-22)18-15(24)12-7-10(3)25-21-12/h6-7,11,16-17H,4-5,8H2,1-3H3,(H,18,24)(H,19,23). The second kappa shape index (κ2) is 7.06. The minimum absolute atomic E-state index is 0.0419. The van der Waals surface area contributed by atoms with E-state index in [-0.39, 0.29) is 17.6 Å². The number of hydrogen-bond acceptors (Lipinski definition) is 6. The Morgan fingerprint density at radius 3 is 2.92 bits per heavy atom. The van der Waals surface area contributed by atoms with Crippen LogP contribution in [0, 0.1) is 13.8 Å². The number of carbonyl (C=O) groups excluding carboxylic acids is 2. The molecule has 3 heterocycles. The van der Waals surface area contributed by atoms with Crippen LogP contribution in [0.15, 0.2) is 16.7 Å². The Morgan fingerprint density at radius 2 is 2.24 bits per heavy atom. The lowest BCUT2D eigenvalue weighted by Gasteiger charge is -2.32. The Hall–Kier alpha value is -2.68. The third-order valence-corrected chi connectivity index (χ3v) is 3.96. The molecule has 1 saturated heterocycles. The summed E-state index contributed by atoms with van der Waals surface area (Å²) in [6.07, 6.45) is 1.79. The number of nitrogens with zero attached hydrogens (tertiary/aromatic N) is 3. The minimum atomic E-state index is -0.513. The van der Waals surface area contributed by atoms with Crippen molar-refractivity contribution in [3.8, 4) is 0 Å². The van der Waals surface area contributed by atoms with Crippen LogP contribution in [0.25, 0.3) is 0 Å². The molecule has 3 rings (SSSR count). The maximum absolute atomic E-state index is 12.3. The first-order valence-corrected chi connectivity index (χ1v) is 8.32. The van der Waals surface area contributed by atoms with Crippen molar-refractivity contribution in [1.29, 1.82) is 0 Å². The zero-order valence-electron chi connectivity index (χ0n) is 14.5. The Balaban J connectivity index is 1.80. The maximum atomic E-state index is 12.3. The van der Waals surface area contributed by atoms with Crippen molar-refractivity contribution in [3.63, 3.8) is 0 Å². The summed E-state index contributed by atoms with van der Waals surface area (Å²) in [5.74, 6) is 0.585. The minimum Gasteiger partial charge on any atom is -0.361 e. The molecule has 2 aromatic heterocycles. The van der Waals surface area contributed by atoms with Crippen LogP contribution in [0.1, 0.15) is 54.4 Å². The fourth-order valence-corrected chi connectivity index (χ4v) is 2.89. The Bertz CT molecular complexity index is 781. The molecule has 0 aromatic carbocycles. The van der Waals surface area contributed by atoms with Gasteiger partial charge >= 0.3 is 0 Å². The molecule has 1 aliphatic rings. The summed E-state index contributed by atoms with van der Waals surface area (Å²) in [6.45, 7) is 5.61. The summed E-state index contributed by atoms with van der Waals surface area (Å²) in [5.41, 5.74) is 0.910. The van der Waals surface area contributed by atoms with Crippen LogP contribution in [0.5, 0.6) is 0 Å². The van der Waals surface area contributed by atoms with Gasteiger partial charge in [-0.25, -0.2) is 4.68 Å². The van der Waals surface area contributed by atoms with E-state index >= 15 is 0 Å². The van der Waals surface area contributed by atoms with Gasteiger partial charge in [-0.2, -0.15) is 5.10 Å². The summed E-state index contributed by atoms with van der Waals surface area (Å²) < 4.78 is 6.50. The first-order valence-electron chi connectivity index (χ1n) is 8.32. The predicted molar refractivity (Wildman–Crippen MR) is 89.8 cm³/mol. The fraction of sp³-hybridized carbons (Fsp3) is 0.500. The van der Waals surface area contributed by atoms with E-state index in [0.717, 1.165) is 18.5 Å². The van der Waals surface area contributed by atoms with Crippen molar-refractivity contribution in [2.75, 3.05) is 5.32 Å². The first kappa shape index (κ1) is 17.2. The summed E-state index contributed by atoms with van der Waals surface area (Å²) in [7, 11) is 0. The van der Waals surface area contributed by atoms with E-state index in [1.54, 1.807) is 23.7 Å². The van der Waals surface area contributed by atoms with Gasteiger partial charge in [0.05, 0.1) is 5.69 Å². The van der Waals surface area contributed by atoms with E-state index in [1.165, 1.54) is 0 Å². The monoisotopic (exact) mass is 346 g/mol. The van der Waals surface area contributed by atoms with Crippen LogP contribution in [-0.2, 0) is 4.79 Å². The van der Waals surface area contributed by atoms with Crippen molar-refractivity contribution in [2.24, 2.45) is 0 Å². The third-order valence-electron chi connectivity index (χ3n) is 3.96. The Kier molecular flexibility index (Phi) is 4.84. The highest BCUT2D eigenvalue weighted by Gasteiger charge is 2.28. The third kappa shape index (κ3) is 3.87. The van der Waals surface area contributed by atoms with Crippen LogP contribution in [0.2, 0.25) is 0 Å². The second-order valence-electron chi connectivity index (χ2n) is 6.22. The van der Waals surface area contributed by atoms with Gasteiger partial charge in [0.15, 0.2) is 12.0 Å². The molecule has 9 nitrogen and oxygen atoms in total. The number of anilines is 1. The summed E-state index contributed by atoms with van der Waals surface area (Å²) in [4.78, 5) is 24.3. The van der Waals surface area contributed by atoms with E-state index in [9.17, 15) is 9.59 Å². The van der Waals surface area contributed by atoms with Crippen molar-refractivity contribution in [1.82, 2.24) is 25.6 Å². The number of hydrogen-bond donors (Lipinski definition) is 3. The largest absolute Gasteiger partial charge is 0.361 e. The average Bonchev–Trinajstić information content (AvgIpc) is 3.13. The van der Waals surface area contributed by atoms with Gasteiger partial charge in [0, 0.05) is 24.6 Å². The smallest absolute Gasteiger partial charge is 0.278 e. The average molecular weight is 346 g/mol. The number of aryl methyl sites for hydroxylation is 2. The van der Waals surface area contributed by atoms with Crippen LogP contribution in [0.4, 0.5) is 5.82 Å². The molecule has 2 amide bonds. The van der Waals surface area contributed by atoms with Gasteiger partial charge in [0.25, 0.3) is 5.91 Å². The van der Waals surface area contributed by atoms with Gasteiger partial charge in [-0.05, 0) is 20.3 Å². The van der Waals surface area contributed by atoms with Gasteiger partial charge < -0.3 is 15.2 Å². The zero-order chi connectivity index (χ0) is 18.0. The molecule has 3 N–H and O–H groups in total. The lowest BCUT2D eigenvalue weighted by molar-refractivity contribution is -0.125. The molecule has 134 valence electrons. The van der Waals surface area contributed by atoms with Crippen molar-refractivity contribution < 1.29 is 14.1 Å². The van der Waals surface area contributed by atoms with Gasteiger partial charge in [0.1, 0.15) is 11.6 Å². The second-order valence-corrected chi connectivity index (χ2v) is 6.22. The van der Waals surface area contributed by atoms with E-state index < -0.39 is 12.2 Å². The summed E-state index contributed by atoms with van der Waals surface area (Å²) in [6, 6.07) is 3.37. The van der Waals surface area contributed by atoms with Crippen LogP contribution in [-0.4, -0.2) is 32.8 Å². The molecule has 0 bridgehead atoms. The maximum Gasteiger partial charge on any atom is 0.278 e. The highest BCUT2D eigenvalue weighted by Crippen LogP contribution is 2.19. The molecule has 9 heteroatoms. The van der Waals surface area contributed by atoms with Gasteiger partial charge in [0.2, 0.25) is 5.91 Å². The Morgan fingerprint density at radius 1 is 1.44 bits per heavy atom. The molecule has 0 aliphatic carbocycles. The normalized spacial score (nSPS) is 20.4. The molecule has 2 aromatic rings. The molecule has 2 atom stereocenters. The highest BCUT2D eigenvalue weighted by atomic mass is 16.5. The van der Waals surface area contributed by atoms with Crippen molar-refractivity contribution in [2.45, 2.75) is 52.4 Å². The lowest BCUT2D eigenvalue weighted by Crippen LogP contribution is -2.53. The van der Waals surface area contributed by atoms with E-state index in [2.05, 4.69) is 33.1 Å². The van der Waals surface area contributed by atoms with Crippen molar-refractivity contribution >= 4 is 17.6 Å². The van der Waals surface area contributed by atoms with Crippen LogP contribution >= 0.6 is 0 Å². The van der Waals surface area contributed by atoms with E-state index in [4.69, 9.17) is 4.52 Å². The molecular weight excluding hydrogens is 324 g/mol. The van der Waals surface area contributed by atoms with Gasteiger partial charge in [-0.3, -0.25) is 14.9 Å². The number of rotatable bonds is 5. The molecule has 1 aliphatic heterocycles. The number of amides is 2. The lowest BCUT2D eigenvalue weighted by atomic mass is 10.1. The predicted octanol–water partition coefficient (Wildman–Crippen LogP) is 1.47. The summed E-state index contributed by atoms with van der Waals surface area (Å²) in [5, 5.41) is 17.1. The van der Waals surface area contributed by atoms with Crippen LogP contribution in [0.3, 0.4) is 0 Å². The first-order chi connectivity index (χ1) is 12.0. The summed E-state index contributed by atoms with van der Waals surface area (Å²) >= 11 is 0. The fourth-order valence-electron chi connectivity index (χ4n) is 2.89. The molecule has 0 spiro atoms. The number of nitrogens with one attached hydrogen (secondary N) is 3. The molecule has 25 heavy (non-hydrogen) atoms. The Labute approximate surface area is 145 Å². The molecule has 0 saturated carbocycles. The highest BCUT2D eigenvalue weighted by molar-refractivity contribution is 6.02. The molecule has 1 fully saturated rings. The van der Waals surface area contributed by atoms with E-state index in [0.29, 0.717) is 18.0 Å². The quantitative estimate of drug-likeness (QED) is 0.755. The zero-order valence-corrected chi connectivity index (χ0v) is 14.5. The topological polar surface area (TPSA) is 114 Å². The van der Waals surface area contributed by atoms with Crippen molar-refractivity contribution in [3.05, 3.63) is 29.3 Å². The van der Waals surface area contributed by atoms with Crippen LogP contribution < -0.4 is 16.0 Å². The van der Waals surface area contributed by atoms with Gasteiger partial charge in [-0.1, -0.05) is 18.5 Å². The SMILES string of the molecule is CCCC1CC(=O)NC(n2nc(C)cc2NC(=O)c2cc(C)on2)N1.